The summed E-state index contributed by atoms with van der Waals surface area (Å²) < 4.78 is 27.7. The molecule has 2 aromatic rings. The second-order valence-electron chi connectivity index (χ2n) is 7.22. The van der Waals surface area contributed by atoms with E-state index in [1.54, 1.807) is 36.4 Å². The van der Waals surface area contributed by atoms with Gasteiger partial charge < -0.3 is 10.4 Å². The molecule has 2 aromatic carbocycles. The number of sulfonamides is 1. The molecule has 1 unspecified atom stereocenters. The number of carboxylic acids is 1. The molecule has 3 N–H and O–H groups in total. The maximum atomic E-state index is 12.6. The summed E-state index contributed by atoms with van der Waals surface area (Å²) in [5.74, 6) is -0.480. The van der Waals surface area contributed by atoms with Crippen molar-refractivity contribution in [3.63, 3.8) is 0 Å². The molecule has 6 nitrogen and oxygen atoms in total. The zero-order chi connectivity index (χ0) is 21.4. The highest BCUT2D eigenvalue weighted by atomic mass is 35.5. The summed E-state index contributed by atoms with van der Waals surface area (Å²) in [5, 5.41) is 12.5. The molecule has 0 aliphatic rings. The molecule has 0 aliphatic carbocycles. The highest BCUT2D eigenvalue weighted by Crippen LogP contribution is 2.25. The first-order valence-corrected chi connectivity index (χ1v) is 11.5. The average Bonchev–Trinajstić information content (AvgIpc) is 2.70. The smallest absolute Gasteiger partial charge is 0.337 e. The Morgan fingerprint density at radius 1 is 1.10 bits per heavy atom. The minimum Gasteiger partial charge on any atom is -0.478 e. The minimum atomic E-state index is -3.59. The monoisotopic (exact) mass is 438 g/mol. The summed E-state index contributed by atoms with van der Waals surface area (Å²) in [4.78, 5) is 11.6. The lowest BCUT2D eigenvalue weighted by Crippen LogP contribution is -2.27. The molecule has 8 heteroatoms. The zero-order valence-electron chi connectivity index (χ0n) is 16.6. The Hall–Kier alpha value is -2.09. The molecule has 1 atom stereocenters. The van der Waals surface area contributed by atoms with Crippen molar-refractivity contribution in [2.75, 3.05) is 24.3 Å². The fourth-order valence-corrected chi connectivity index (χ4v) is 4.40. The molecular formula is C21H27ClN2O4S. The number of hydrogen-bond acceptors (Lipinski definition) is 4. The summed E-state index contributed by atoms with van der Waals surface area (Å²) in [6.45, 7) is 4.68. The molecule has 29 heavy (non-hydrogen) atoms. The number of benzene rings is 2. The van der Waals surface area contributed by atoms with Crippen LogP contribution in [0.1, 0.15) is 42.1 Å². The number of carbonyl (C=O) groups is 1. The number of rotatable bonds is 11. The van der Waals surface area contributed by atoms with E-state index < -0.39 is 16.0 Å². The number of nitrogens with one attached hydrogen (secondary N) is 2. The van der Waals surface area contributed by atoms with Crippen LogP contribution in [0.25, 0.3) is 0 Å². The van der Waals surface area contributed by atoms with E-state index in [0.29, 0.717) is 31.1 Å². The van der Waals surface area contributed by atoms with Crippen molar-refractivity contribution >= 4 is 33.3 Å². The summed E-state index contributed by atoms with van der Waals surface area (Å²) in [5.41, 5.74) is 1.53. The maximum absolute atomic E-state index is 12.6. The first kappa shape index (κ1) is 23.2. The largest absolute Gasteiger partial charge is 0.478 e. The Bertz CT molecular complexity index is 932. The van der Waals surface area contributed by atoms with Gasteiger partial charge in [0.1, 0.15) is 0 Å². The van der Waals surface area contributed by atoms with Gasteiger partial charge in [0.2, 0.25) is 10.0 Å². The molecule has 0 heterocycles. The van der Waals surface area contributed by atoms with E-state index in [4.69, 9.17) is 11.6 Å². The summed E-state index contributed by atoms with van der Waals surface area (Å²) in [7, 11) is -3.59. The molecule has 0 saturated carbocycles. The van der Waals surface area contributed by atoms with Crippen LogP contribution in [0.4, 0.5) is 5.69 Å². The number of para-hydroxylation sites is 1. The van der Waals surface area contributed by atoms with Gasteiger partial charge in [-0.1, -0.05) is 38.1 Å². The molecule has 2 rings (SSSR count). The van der Waals surface area contributed by atoms with Crippen molar-refractivity contribution in [2.24, 2.45) is 5.92 Å². The summed E-state index contributed by atoms with van der Waals surface area (Å²) in [6.07, 6.45) is 0.618. The molecule has 0 saturated heterocycles. The van der Waals surface area contributed by atoms with Gasteiger partial charge in [0.05, 0.1) is 10.5 Å². The van der Waals surface area contributed by atoms with Gasteiger partial charge in [-0.05, 0) is 42.2 Å². The third kappa shape index (κ3) is 6.73. The van der Waals surface area contributed by atoms with Gasteiger partial charge in [-0.3, -0.25) is 0 Å². The van der Waals surface area contributed by atoms with Crippen LogP contribution in [0.5, 0.6) is 0 Å². The number of alkyl halides is 1. The Balaban J connectivity index is 2.22. The third-order valence-corrected chi connectivity index (χ3v) is 6.11. The first-order valence-electron chi connectivity index (χ1n) is 9.46. The topological polar surface area (TPSA) is 95.5 Å². The number of aromatic carboxylic acids is 1. The van der Waals surface area contributed by atoms with Gasteiger partial charge in [-0.25, -0.2) is 17.9 Å². The molecule has 0 aromatic heterocycles. The van der Waals surface area contributed by atoms with Gasteiger partial charge in [0, 0.05) is 30.6 Å². The first-order chi connectivity index (χ1) is 13.7. The number of anilines is 1. The SMILES string of the molecule is CC(C)CNS(=O)(=O)c1cccc(C(CCCl)CNc2ccccc2C(=O)O)c1. The van der Waals surface area contributed by atoms with Crippen LogP contribution in [0, 0.1) is 5.92 Å². The van der Waals surface area contributed by atoms with Crippen LogP contribution in [-0.4, -0.2) is 38.5 Å². The van der Waals surface area contributed by atoms with Crippen molar-refractivity contribution in [1.29, 1.82) is 0 Å². The van der Waals surface area contributed by atoms with Gasteiger partial charge in [0.25, 0.3) is 0 Å². The molecule has 0 bridgehead atoms. The quantitative estimate of drug-likeness (QED) is 0.458. The molecule has 0 fully saturated rings. The zero-order valence-corrected chi connectivity index (χ0v) is 18.1. The van der Waals surface area contributed by atoms with Crippen LogP contribution in [0.2, 0.25) is 0 Å². The Labute approximate surface area is 177 Å². The van der Waals surface area contributed by atoms with Gasteiger partial charge in [0.15, 0.2) is 0 Å². The summed E-state index contributed by atoms with van der Waals surface area (Å²) >= 11 is 5.97. The van der Waals surface area contributed by atoms with Gasteiger partial charge in [-0.15, -0.1) is 11.6 Å². The summed E-state index contributed by atoms with van der Waals surface area (Å²) in [6, 6.07) is 13.5. The van der Waals surface area contributed by atoms with Crippen LogP contribution < -0.4 is 10.0 Å². The molecule has 0 spiro atoms. The lowest BCUT2D eigenvalue weighted by Gasteiger charge is -2.19. The highest BCUT2D eigenvalue weighted by molar-refractivity contribution is 7.89. The minimum absolute atomic E-state index is 0.0744. The highest BCUT2D eigenvalue weighted by Gasteiger charge is 2.18. The number of halogens is 1. The normalized spacial score (nSPS) is 12.7. The fraction of sp³-hybridized carbons (Fsp3) is 0.381. The molecule has 0 aliphatic heterocycles. The van der Waals surface area contributed by atoms with E-state index in [0.717, 1.165) is 5.56 Å². The van der Waals surface area contributed by atoms with Crippen molar-refractivity contribution < 1.29 is 18.3 Å². The Kier molecular flexibility index (Phi) is 8.49. The third-order valence-electron chi connectivity index (χ3n) is 4.48. The van der Waals surface area contributed by atoms with E-state index in [2.05, 4.69) is 10.0 Å². The second-order valence-corrected chi connectivity index (χ2v) is 9.37. The predicted molar refractivity (Wildman–Crippen MR) is 116 cm³/mol. The number of carboxylic acid groups (broad SMARTS) is 1. The van der Waals surface area contributed by atoms with Crippen molar-refractivity contribution in [3.8, 4) is 0 Å². The Morgan fingerprint density at radius 2 is 1.83 bits per heavy atom. The van der Waals surface area contributed by atoms with E-state index >= 15 is 0 Å². The van der Waals surface area contributed by atoms with Crippen LogP contribution in [-0.2, 0) is 10.0 Å². The van der Waals surface area contributed by atoms with Crippen LogP contribution >= 0.6 is 11.6 Å². The van der Waals surface area contributed by atoms with Crippen molar-refractivity contribution in [2.45, 2.75) is 31.1 Å². The maximum Gasteiger partial charge on any atom is 0.337 e. The molecule has 0 radical (unpaired) electrons. The van der Waals surface area contributed by atoms with E-state index in [1.165, 1.54) is 6.07 Å². The van der Waals surface area contributed by atoms with E-state index in [1.807, 2.05) is 19.9 Å². The van der Waals surface area contributed by atoms with Crippen molar-refractivity contribution in [3.05, 3.63) is 59.7 Å². The van der Waals surface area contributed by atoms with E-state index in [-0.39, 0.29) is 22.3 Å². The number of hydrogen-bond donors (Lipinski definition) is 3. The molecule has 0 amide bonds. The van der Waals surface area contributed by atoms with Gasteiger partial charge >= 0.3 is 5.97 Å². The van der Waals surface area contributed by atoms with Crippen LogP contribution in [0.3, 0.4) is 0 Å². The van der Waals surface area contributed by atoms with Crippen molar-refractivity contribution in [1.82, 2.24) is 4.72 Å². The standard InChI is InChI=1S/C21H27ClN2O4S/c1-15(2)13-24-29(27,28)18-7-5-6-16(12-18)17(10-11-22)14-23-20-9-4-3-8-19(20)21(25)26/h3-9,12,15,17,23-24H,10-11,13-14H2,1-2H3,(H,25,26). The lowest BCUT2D eigenvalue weighted by atomic mass is 9.96. The van der Waals surface area contributed by atoms with Crippen LogP contribution in [0.15, 0.2) is 53.4 Å². The molecular weight excluding hydrogens is 412 g/mol. The van der Waals surface area contributed by atoms with Gasteiger partial charge in [-0.2, -0.15) is 0 Å². The Morgan fingerprint density at radius 3 is 2.48 bits per heavy atom. The second kappa shape index (κ2) is 10.6. The lowest BCUT2D eigenvalue weighted by molar-refractivity contribution is 0.0698. The fourth-order valence-electron chi connectivity index (χ4n) is 2.87. The predicted octanol–water partition coefficient (Wildman–Crippen LogP) is 4.14. The average molecular weight is 439 g/mol. The van der Waals surface area contributed by atoms with E-state index in [9.17, 15) is 18.3 Å². The molecule has 158 valence electrons.